The third-order valence-corrected chi connectivity index (χ3v) is 4.60. The molecule has 5 nitrogen and oxygen atoms in total. The van der Waals surface area contributed by atoms with Crippen molar-refractivity contribution < 1.29 is 4.79 Å². The monoisotopic (exact) mass is 293 g/mol. The first-order valence-corrected chi connectivity index (χ1v) is 7.50. The van der Waals surface area contributed by atoms with Crippen molar-refractivity contribution in [1.29, 1.82) is 0 Å². The number of amides is 1. The number of carbonyl (C=O) groups excluding carboxylic acids is 1. The van der Waals surface area contributed by atoms with E-state index in [1.807, 2.05) is 27.7 Å². The summed E-state index contributed by atoms with van der Waals surface area (Å²) in [5, 5.41) is 3.48. The number of thiophene rings is 1. The summed E-state index contributed by atoms with van der Waals surface area (Å²) in [6.07, 6.45) is 2.32. The van der Waals surface area contributed by atoms with Crippen LogP contribution in [-0.2, 0) is 11.3 Å². The number of nitrogens with one attached hydrogen (secondary N) is 1. The fourth-order valence-corrected chi connectivity index (χ4v) is 2.95. The topological polar surface area (TPSA) is 64.0 Å². The van der Waals surface area contributed by atoms with Crippen LogP contribution >= 0.6 is 11.3 Å². The number of aromatic nitrogens is 2. The van der Waals surface area contributed by atoms with Gasteiger partial charge >= 0.3 is 0 Å². The predicted molar refractivity (Wildman–Crippen MR) is 81.2 cm³/mol. The van der Waals surface area contributed by atoms with Crippen molar-refractivity contribution in [2.45, 2.75) is 46.7 Å². The summed E-state index contributed by atoms with van der Waals surface area (Å²) in [7, 11) is 0. The molecular formula is C14H19N3O2S. The zero-order valence-electron chi connectivity index (χ0n) is 12.2. The van der Waals surface area contributed by atoms with Gasteiger partial charge in [0.2, 0.25) is 5.91 Å². The van der Waals surface area contributed by atoms with Gasteiger partial charge in [-0.1, -0.05) is 6.92 Å². The molecule has 0 spiro atoms. The van der Waals surface area contributed by atoms with Crippen molar-refractivity contribution >= 4 is 27.5 Å². The lowest BCUT2D eigenvalue weighted by molar-refractivity contribution is -0.122. The lowest BCUT2D eigenvalue weighted by Crippen LogP contribution is -2.37. The van der Waals surface area contributed by atoms with E-state index in [1.54, 1.807) is 0 Å². The highest BCUT2D eigenvalue weighted by molar-refractivity contribution is 7.18. The van der Waals surface area contributed by atoms with Crippen LogP contribution in [0.15, 0.2) is 11.1 Å². The van der Waals surface area contributed by atoms with E-state index < -0.39 is 0 Å². The lowest BCUT2D eigenvalue weighted by atomic mass is 10.2. The molecule has 20 heavy (non-hydrogen) atoms. The number of aryl methyl sites for hydroxylation is 2. The second kappa shape index (κ2) is 5.75. The van der Waals surface area contributed by atoms with Crippen LogP contribution in [0, 0.1) is 13.8 Å². The van der Waals surface area contributed by atoms with Crippen molar-refractivity contribution in [3.05, 3.63) is 27.1 Å². The molecule has 1 N–H and O–H groups in total. The summed E-state index contributed by atoms with van der Waals surface area (Å²) in [6, 6.07) is 0.111. The Morgan fingerprint density at radius 3 is 2.85 bits per heavy atom. The molecule has 2 heterocycles. The average Bonchev–Trinajstić information content (AvgIpc) is 2.69. The number of nitrogens with zero attached hydrogens (tertiary/aromatic N) is 2. The zero-order valence-corrected chi connectivity index (χ0v) is 13.0. The molecular weight excluding hydrogens is 274 g/mol. The molecule has 0 saturated heterocycles. The van der Waals surface area contributed by atoms with Crippen LogP contribution in [-0.4, -0.2) is 21.5 Å². The Bertz CT molecular complexity index is 702. The van der Waals surface area contributed by atoms with Gasteiger partial charge in [-0.05, 0) is 32.8 Å². The van der Waals surface area contributed by atoms with E-state index in [2.05, 4.69) is 10.3 Å². The van der Waals surface area contributed by atoms with Gasteiger partial charge in [-0.25, -0.2) is 4.98 Å². The Morgan fingerprint density at radius 2 is 2.20 bits per heavy atom. The molecule has 0 unspecified atom stereocenters. The highest BCUT2D eigenvalue weighted by Crippen LogP contribution is 2.25. The number of rotatable bonds is 4. The van der Waals surface area contributed by atoms with E-state index in [0.29, 0.717) is 5.39 Å². The second-order valence-corrected chi connectivity index (χ2v) is 6.22. The largest absolute Gasteiger partial charge is 0.352 e. The predicted octanol–water partition coefficient (Wildman–Crippen LogP) is 1.99. The van der Waals surface area contributed by atoms with Crippen molar-refractivity contribution in [2.24, 2.45) is 0 Å². The molecule has 0 bridgehead atoms. The Kier molecular flexibility index (Phi) is 4.23. The summed E-state index contributed by atoms with van der Waals surface area (Å²) < 4.78 is 1.37. The van der Waals surface area contributed by atoms with Crippen LogP contribution in [0.3, 0.4) is 0 Å². The molecule has 1 amide bonds. The van der Waals surface area contributed by atoms with Gasteiger partial charge in [0.05, 0.1) is 11.7 Å². The minimum atomic E-state index is -0.160. The summed E-state index contributed by atoms with van der Waals surface area (Å²) in [6.45, 7) is 7.85. The highest BCUT2D eigenvalue weighted by Gasteiger charge is 2.14. The lowest BCUT2D eigenvalue weighted by Gasteiger charge is -2.12. The highest BCUT2D eigenvalue weighted by atomic mass is 32.1. The molecule has 2 aromatic heterocycles. The zero-order chi connectivity index (χ0) is 14.9. The van der Waals surface area contributed by atoms with Crippen LogP contribution in [0.2, 0.25) is 0 Å². The quantitative estimate of drug-likeness (QED) is 0.937. The standard InChI is InChI=1S/C14H19N3O2S/c1-5-8(2)16-11(18)6-17-7-15-13-12(14(17)19)9(3)10(4)20-13/h7-8H,5-6H2,1-4H3,(H,16,18)/t8-/m0/s1. The normalized spacial score (nSPS) is 12.6. The van der Waals surface area contributed by atoms with Gasteiger partial charge in [0, 0.05) is 10.9 Å². The van der Waals surface area contributed by atoms with Crippen LogP contribution in [0.25, 0.3) is 10.2 Å². The van der Waals surface area contributed by atoms with Crippen molar-refractivity contribution in [1.82, 2.24) is 14.9 Å². The Labute approximate surface area is 121 Å². The molecule has 108 valence electrons. The van der Waals surface area contributed by atoms with Gasteiger partial charge in [-0.3, -0.25) is 14.2 Å². The van der Waals surface area contributed by atoms with E-state index in [9.17, 15) is 9.59 Å². The van der Waals surface area contributed by atoms with Gasteiger partial charge < -0.3 is 5.32 Å². The summed E-state index contributed by atoms with van der Waals surface area (Å²) in [4.78, 5) is 30.4. The summed E-state index contributed by atoms with van der Waals surface area (Å²) in [5.41, 5.74) is 0.815. The van der Waals surface area contributed by atoms with Gasteiger partial charge in [0.15, 0.2) is 0 Å². The maximum atomic E-state index is 12.4. The summed E-state index contributed by atoms with van der Waals surface area (Å²) >= 11 is 1.51. The average molecular weight is 293 g/mol. The van der Waals surface area contributed by atoms with E-state index in [-0.39, 0.29) is 24.1 Å². The first-order valence-electron chi connectivity index (χ1n) is 6.68. The first kappa shape index (κ1) is 14.7. The molecule has 0 aliphatic carbocycles. The Morgan fingerprint density at radius 1 is 1.50 bits per heavy atom. The van der Waals surface area contributed by atoms with E-state index in [4.69, 9.17) is 0 Å². The third-order valence-electron chi connectivity index (χ3n) is 3.49. The fraction of sp³-hybridized carbons (Fsp3) is 0.500. The van der Waals surface area contributed by atoms with E-state index >= 15 is 0 Å². The molecule has 0 aromatic carbocycles. The molecule has 2 rings (SSSR count). The van der Waals surface area contributed by atoms with Crippen molar-refractivity contribution in [3.63, 3.8) is 0 Å². The van der Waals surface area contributed by atoms with E-state index in [0.717, 1.165) is 21.7 Å². The molecule has 2 aromatic rings. The van der Waals surface area contributed by atoms with Gasteiger partial charge in [0.25, 0.3) is 5.56 Å². The molecule has 0 radical (unpaired) electrons. The Hall–Kier alpha value is -1.69. The van der Waals surface area contributed by atoms with Gasteiger partial charge in [-0.2, -0.15) is 0 Å². The maximum absolute atomic E-state index is 12.4. The molecule has 6 heteroatoms. The van der Waals surface area contributed by atoms with E-state index in [1.165, 1.54) is 22.2 Å². The van der Waals surface area contributed by atoms with Crippen LogP contribution in [0.5, 0.6) is 0 Å². The first-order chi connectivity index (χ1) is 9.43. The number of hydrogen-bond donors (Lipinski definition) is 1. The molecule has 1 atom stereocenters. The minimum Gasteiger partial charge on any atom is -0.352 e. The fourth-order valence-electron chi connectivity index (χ4n) is 1.96. The number of carbonyl (C=O) groups is 1. The maximum Gasteiger partial charge on any atom is 0.262 e. The van der Waals surface area contributed by atoms with Crippen molar-refractivity contribution in [3.8, 4) is 0 Å². The van der Waals surface area contributed by atoms with Crippen LogP contribution in [0.4, 0.5) is 0 Å². The Balaban J connectivity index is 2.32. The second-order valence-electron chi connectivity index (χ2n) is 5.02. The SMILES string of the molecule is CC[C@H](C)NC(=O)Cn1cnc2sc(C)c(C)c2c1=O. The molecule has 0 aliphatic rings. The summed E-state index contributed by atoms with van der Waals surface area (Å²) in [5.74, 6) is -0.160. The van der Waals surface area contributed by atoms with Gasteiger partial charge in [0.1, 0.15) is 11.4 Å². The number of fused-ring (bicyclic) bond motifs is 1. The van der Waals surface area contributed by atoms with Crippen LogP contribution in [0.1, 0.15) is 30.7 Å². The minimum absolute atomic E-state index is 0.0143. The molecule has 0 fully saturated rings. The molecule has 0 aliphatic heterocycles. The van der Waals surface area contributed by atoms with Crippen LogP contribution < -0.4 is 10.9 Å². The number of hydrogen-bond acceptors (Lipinski definition) is 4. The molecule has 0 saturated carbocycles. The van der Waals surface area contributed by atoms with Crippen molar-refractivity contribution in [2.75, 3.05) is 0 Å². The smallest absolute Gasteiger partial charge is 0.262 e. The third kappa shape index (κ3) is 2.75. The van der Waals surface area contributed by atoms with Gasteiger partial charge in [-0.15, -0.1) is 11.3 Å².